The van der Waals surface area contributed by atoms with Crippen LogP contribution >= 0.6 is 0 Å². The Hall–Kier alpha value is -5.27. The smallest absolute Gasteiger partial charge is 0.345 e. The topological polar surface area (TPSA) is 118 Å². The molecule has 1 aliphatic heterocycles. The maximum absolute atomic E-state index is 12.9. The van der Waals surface area contributed by atoms with E-state index in [1.54, 1.807) is 25.1 Å². The zero-order valence-corrected chi connectivity index (χ0v) is 25.9. The molecular formula is C35H35N5O5. The number of piperazine rings is 1. The van der Waals surface area contributed by atoms with E-state index in [1.165, 1.54) is 13.3 Å². The van der Waals surface area contributed by atoms with Gasteiger partial charge in [-0.2, -0.15) is 10.2 Å². The molecule has 2 heterocycles. The van der Waals surface area contributed by atoms with E-state index in [4.69, 9.17) is 24.5 Å². The van der Waals surface area contributed by atoms with Crippen molar-refractivity contribution in [3.63, 3.8) is 0 Å². The van der Waals surface area contributed by atoms with E-state index >= 15 is 0 Å². The first-order chi connectivity index (χ1) is 21.8. The number of nitrogens with zero attached hydrogens (tertiary/aromatic N) is 5. The third kappa shape index (κ3) is 7.28. The van der Waals surface area contributed by atoms with Gasteiger partial charge in [0.15, 0.2) is 0 Å². The molecule has 0 N–H and O–H groups in total. The van der Waals surface area contributed by atoms with Crippen molar-refractivity contribution in [1.29, 1.82) is 5.26 Å². The summed E-state index contributed by atoms with van der Waals surface area (Å²) >= 11 is 0. The van der Waals surface area contributed by atoms with Crippen LogP contribution in [0.2, 0.25) is 0 Å². The third-order valence-corrected chi connectivity index (χ3v) is 7.65. The minimum atomic E-state index is -0.553. The van der Waals surface area contributed by atoms with E-state index in [2.05, 4.69) is 20.9 Å². The van der Waals surface area contributed by atoms with Gasteiger partial charge in [-0.1, -0.05) is 24.3 Å². The molecule has 1 aliphatic rings. The molecule has 230 valence electrons. The number of hydrogen-bond donors (Lipinski definition) is 0. The molecule has 0 aliphatic carbocycles. The summed E-state index contributed by atoms with van der Waals surface area (Å²) < 4.78 is 16.5. The number of anilines is 1. The van der Waals surface area contributed by atoms with Gasteiger partial charge in [-0.05, 0) is 85.0 Å². The first-order valence-electron chi connectivity index (χ1n) is 14.8. The second-order valence-electron chi connectivity index (χ2n) is 10.8. The van der Waals surface area contributed by atoms with Crippen LogP contribution < -0.4 is 9.64 Å². The number of benzene rings is 3. The van der Waals surface area contributed by atoms with Gasteiger partial charge < -0.3 is 19.1 Å². The molecule has 0 bridgehead atoms. The van der Waals surface area contributed by atoms with Gasteiger partial charge in [0.2, 0.25) is 11.8 Å². The van der Waals surface area contributed by atoms with Crippen LogP contribution in [-0.2, 0) is 16.0 Å². The molecule has 4 aromatic rings. The van der Waals surface area contributed by atoms with Gasteiger partial charge in [0.1, 0.15) is 11.3 Å². The number of methoxy groups -OCH3 is 1. The van der Waals surface area contributed by atoms with Crippen LogP contribution in [0.5, 0.6) is 11.6 Å². The summed E-state index contributed by atoms with van der Waals surface area (Å²) in [6.07, 6.45) is 1.47. The van der Waals surface area contributed by atoms with Gasteiger partial charge >= 0.3 is 11.9 Å². The predicted molar refractivity (Wildman–Crippen MR) is 169 cm³/mol. The average Bonchev–Trinajstić information content (AvgIpc) is 3.06. The van der Waals surface area contributed by atoms with E-state index in [-0.39, 0.29) is 24.0 Å². The Kier molecular flexibility index (Phi) is 9.70. The number of carbonyl (C=O) groups is 2. The van der Waals surface area contributed by atoms with Gasteiger partial charge in [-0.15, -0.1) is 0 Å². The van der Waals surface area contributed by atoms with E-state index in [0.29, 0.717) is 42.5 Å². The van der Waals surface area contributed by atoms with Gasteiger partial charge in [0.25, 0.3) is 0 Å². The molecule has 0 radical (unpaired) electrons. The Balaban J connectivity index is 1.34. The van der Waals surface area contributed by atoms with Crippen LogP contribution in [0.1, 0.15) is 49.9 Å². The van der Waals surface area contributed by atoms with Crippen molar-refractivity contribution >= 4 is 17.9 Å². The SMILES string of the molecule is CCOC(=O)c1cnc(N2CCN(Cc3cccc(C(=O)OC)c3)CC2)nc1Oc1c(C)cc(-c2ccc(C#N)cc2)cc1C. The lowest BCUT2D eigenvalue weighted by molar-refractivity contribution is 0.0521. The molecule has 5 rings (SSSR count). The van der Waals surface area contributed by atoms with Crippen LogP contribution in [0.4, 0.5) is 5.95 Å². The van der Waals surface area contributed by atoms with E-state index in [1.807, 2.05) is 56.3 Å². The Morgan fingerprint density at radius 3 is 2.29 bits per heavy atom. The van der Waals surface area contributed by atoms with E-state index < -0.39 is 5.97 Å². The number of nitriles is 1. The van der Waals surface area contributed by atoms with Crippen molar-refractivity contribution < 1.29 is 23.8 Å². The highest BCUT2D eigenvalue weighted by molar-refractivity contribution is 5.92. The lowest BCUT2D eigenvalue weighted by Gasteiger charge is -2.34. The summed E-state index contributed by atoms with van der Waals surface area (Å²) in [5.41, 5.74) is 6.04. The first-order valence-corrected chi connectivity index (χ1v) is 14.8. The molecule has 0 saturated carbocycles. The number of aromatic nitrogens is 2. The lowest BCUT2D eigenvalue weighted by Crippen LogP contribution is -2.46. The highest BCUT2D eigenvalue weighted by Gasteiger charge is 2.24. The van der Waals surface area contributed by atoms with Gasteiger partial charge in [-0.25, -0.2) is 14.6 Å². The second kappa shape index (κ2) is 14.0. The molecular weight excluding hydrogens is 570 g/mol. The van der Waals surface area contributed by atoms with Crippen molar-refractivity contribution in [2.75, 3.05) is 44.8 Å². The van der Waals surface area contributed by atoms with Crippen molar-refractivity contribution in [1.82, 2.24) is 14.9 Å². The number of ether oxygens (including phenoxy) is 3. The summed E-state index contributed by atoms with van der Waals surface area (Å²) in [4.78, 5) is 38.4. The highest BCUT2D eigenvalue weighted by Crippen LogP contribution is 2.35. The van der Waals surface area contributed by atoms with E-state index in [0.717, 1.165) is 40.9 Å². The summed E-state index contributed by atoms with van der Waals surface area (Å²) in [7, 11) is 1.38. The Morgan fingerprint density at radius 2 is 1.64 bits per heavy atom. The van der Waals surface area contributed by atoms with Crippen molar-refractivity contribution in [2.24, 2.45) is 0 Å². The molecule has 45 heavy (non-hydrogen) atoms. The zero-order chi connectivity index (χ0) is 31.9. The monoisotopic (exact) mass is 605 g/mol. The Bertz CT molecular complexity index is 1720. The highest BCUT2D eigenvalue weighted by atomic mass is 16.5. The summed E-state index contributed by atoms with van der Waals surface area (Å²) in [5.74, 6) is 0.299. The minimum absolute atomic E-state index is 0.137. The van der Waals surface area contributed by atoms with Crippen LogP contribution in [0, 0.1) is 25.2 Å². The summed E-state index contributed by atoms with van der Waals surface area (Å²) in [6.45, 7) is 9.42. The molecule has 1 aromatic heterocycles. The number of hydrogen-bond acceptors (Lipinski definition) is 10. The quantitative estimate of drug-likeness (QED) is 0.220. The molecule has 0 amide bonds. The van der Waals surface area contributed by atoms with Crippen LogP contribution in [0.25, 0.3) is 11.1 Å². The number of carbonyl (C=O) groups excluding carboxylic acids is 2. The maximum atomic E-state index is 12.9. The molecule has 3 aromatic carbocycles. The van der Waals surface area contributed by atoms with Gasteiger partial charge in [-0.3, -0.25) is 4.90 Å². The van der Waals surface area contributed by atoms with Crippen LogP contribution in [0.3, 0.4) is 0 Å². The molecule has 10 heteroatoms. The maximum Gasteiger partial charge on any atom is 0.345 e. The zero-order valence-electron chi connectivity index (χ0n) is 25.9. The van der Waals surface area contributed by atoms with Gasteiger partial charge in [0.05, 0.1) is 37.1 Å². The fourth-order valence-electron chi connectivity index (χ4n) is 5.33. The molecule has 10 nitrogen and oxygen atoms in total. The molecule has 1 saturated heterocycles. The van der Waals surface area contributed by atoms with E-state index in [9.17, 15) is 9.59 Å². The average molecular weight is 606 g/mol. The molecule has 0 unspecified atom stereocenters. The standard InChI is InChI=1S/C35H35N5O5/c1-5-44-34(42)30-21-37-35(40-15-13-39(14-16-40)22-26-7-6-8-28(19-26)33(41)43-4)38-32(30)45-31-23(2)17-29(18-24(31)3)27-11-9-25(20-36)10-12-27/h6-12,17-19,21H,5,13-16,22H2,1-4H3. The fraction of sp³-hybridized carbons (Fsp3) is 0.286. The number of esters is 2. The van der Waals surface area contributed by atoms with Gasteiger partial charge in [0, 0.05) is 32.7 Å². The lowest BCUT2D eigenvalue weighted by atomic mass is 9.99. The van der Waals surface area contributed by atoms with Crippen molar-refractivity contribution in [3.8, 4) is 28.8 Å². The molecule has 1 fully saturated rings. The molecule has 0 atom stereocenters. The van der Waals surface area contributed by atoms with Crippen LogP contribution in [0.15, 0.2) is 66.9 Å². The second-order valence-corrected chi connectivity index (χ2v) is 10.8. The first kappa shape index (κ1) is 31.2. The van der Waals surface area contributed by atoms with Crippen LogP contribution in [-0.4, -0.2) is 66.7 Å². The largest absolute Gasteiger partial charge is 0.465 e. The van der Waals surface area contributed by atoms with Crippen molar-refractivity contribution in [3.05, 3.63) is 100 Å². The number of aryl methyl sites for hydroxylation is 2. The Labute approximate surface area is 262 Å². The predicted octanol–water partition coefficient (Wildman–Crippen LogP) is 5.71. The summed E-state index contributed by atoms with van der Waals surface area (Å²) in [5, 5.41) is 9.13. The summed E-state index contributed by atoms with van der Waals surface area (Å²) in [6, 6.07) is 21.1. The normalized spacial score (nSPS) is 13.2. The Morgan fingerprint density at radius 1 is 0.933 bits per heavy atom. The third-order valence-electron chi connectivity index (χ3n) is 7.65. The number of rotatable bonds is 9. The molecule has 0 spiro atoms. The minimum Gasteiger partial charge on any atom is -0.465 e. The fourth-order valence-corrected chi connectivity index (χ4v) is 5.33. The van der Waals surface area contributed by atoms with Crippen molar-refractivity contribution in [2.45, 2.75) is 27.3 Å².